The number of nitrogens with one attached hydrogen (secondary N) is 1. The first kappa shape index (κ1) is 27.7. The first-order chi connectivity index (χ1) is 16.8. The average molecular weight is 500 g/mol. The molecule has 0 spiro atoms. The van der Waals surface area contributed by atoms with Gasteiger partial charge in [0, 0.05) is 12.1 Å². The maximum absolute atomic E-state index is 13.6. The summed E-state index contributed by atoms with van der Waals surface area (Å²) >= 11 is 0. The molecule has 8 heteroatoms. The van der Waals surface area contributed by atoms with Crippen LogP contribution in [0.3, 0.4) is 0 Å². The van der Waals surface area contributed by atoms with E-state index in [1.54, 1.807) is 17.0 Å². The predicted octanol–water partition coefficient (Wildman–Crippen LogP) is 3.78. The Balaban J connectivity index is 1.73. The number of likely N-dealkylation sites (tertiary alicyclic amines) is 2. The van der Waals surface area contributed by atoms with Gasteiger partial charge in [-0.25, -0.2) is 4.79 Å². The maximum atomic E-state index is 13.6. The maximum Gasteiger partial charge on any atom is 0.410 e. The van der Waals surface area contributed by atoms with Gasteiger partial charge in [-0.2, -0.15) is 0 Å². The summed E-state index contributed by atoms with van der Waals surface area (Å²) in [6, 6.07) is 5.59. The molecule has 2 saturated heterocycles. The molecule has 8 nitrogen and oxygen atoms in total. The smallest absolute Gasteiger partial charge is 0.410 e. The SMILES string of the molecule is CC(C)COC(=O)N1CC(=O)C2C1CCN2C(=O)C(CC(C)C)NC(=O)c1ccc(C(C)(C)C)cc1. The van der Waals surface area contributed by atoms with Gasteiger partial charge in [0.25, 0.3) is 5.91 Å². The van der Waals surface area contributed by atoms with E-state index in [1.165, 1.54) is 4.90 Å². The molecule has 36 heavy (non-hydrogen) atoms. The van der Waals surface area contributed by atoms with Gasteiger partial charge >= 0.3 is 6.09 Å². The summed E-state index contributed by atoms with van der Waals surface area (Å²) in [6.07, 6.45) is 0.451. The monoisotopic (exact) mass is 499 g/mol. The van der Waals surface area contributed by atoms with E-state index in [9.17, 15) is 19.2 Å². The Kier molecular flexibility index (Phi) is 8.47. The molecule has 0 bridgehead atoms. The first-order valence-electron chi connectivity index (χ1n) is 13.0. The summed E-state index contributed by atoms with van der Waals surface area (Å²) in [6.45, 7) is 14.8. The van der Waals surface area contributed by atoms with Crippen molar-refractivity contribution in [2.24, 2.45) is 11.8 Å². The number of carbonyl (C=O) groups is 4. The van der Waals surface area contributed by atoms with Crippen LogP contribution >= 0.6 is 0 Å². The van der Waals surface area contributed by atoms with Crippen molar-refractivity contribution in [3.8, 4) is 0 Å². The molecule has 1 aromatic carbocycles. The van der Waals surface area contributed by atoms with E-state index < -0.39 is 18.2 Å². The van der Waals surface area contributed by atoms with Crippen molar-refractivity contribution in [2.75, 3.05) is 19.7 Å². The van der Waals surface area contributed by atoms with Crippen molar-refractivity contribution in [3.63, 3.8) is 0 Å². The lowest BCUT2D eigenvalue weighted by Gasteiger charge is -2.29. The zero-order chi connectivity index (χ0) is 26.8. The largest absolute Gasteiger partial charge is 0.449 e. The highest BCUT2D eigenvalue weighted by Gasteiger charge is 2.52. The van der Waals surface area contributed by atoms with Crippen LogP contribution in [-0.4, -0.2) is 71.3 Å². The zero-order valence-electron chi connectivity index (χ0n) is 22.7. The quantitative estimate of drug-likeness (QED) is 0.616. The Labute approximate surface area is 214 Å². The minimum absolute atomic E-state index is 0.0274. The molecular formula is C28H41N3O5. The fourth-order valence-electron chi connectivity index (χ4n) is 4.89. The second-order valence-electron chi connectivity index (χ2n) is 11.9. The molecule has 198 valence electrons. The van der Waals surface area contributed by atoms with Crippen LogP contribution in [0.5, 0.6) is 0 Å². The van der Waals surface area contributed by atoms with Crippen molar-refractivity contribution < 1.29 is 23.9 Å². The summed E-state index contributed by atoms with van der Waals surface area (Å²) in [5.41, 5.74) is 1.58. The van der Waals surface area contributed by atoms with Crippen LogP contribution in [0.4, 0.5) is 4.79 Å². The number of fused-ring (bicyclic) bond motifs is 1. The van der Waals surface area contributed by atoms with Crippen molar-refractivity contribution in [2.45, 2.75) is 84.8 Å². The van der Waals surface area contributed by atoms with Crippen LogP contribution < -0.4 is 5.32 Å². The minimum Gasteiger partial charge on any atom is -0.449 e. The van der Waals surface area contributed by atoms with Crippen LogP contribution in [0, 0.1) is 11.8 Å². The van der Waals surface area contributed by atoms with Gasteiger partial charge in [-0.05, 0) is 47.8 Å². The molecule has 3 rings (SSSR count). The summed E-state index contributed by atoms with van der Waals surface area (Å²) in [7, 11) is 0. The van der Waals surface area contributed by atoms with Gasteiger partial charge in [0.2, 0.25) is 5.91 Å². The van der Waals surface area contributed by atoms with Gasteiger partial charge in [0.05, 0.1) is 19.2 Å². The van der Waals surface area contributed by atoms with Crippen molar-refractivity contribution in [1.82, 2.24) is 15.1 Å². The van der Waals surface area contributed by atoms with E-state index in [-0.39, 0.29) is 54.0 Å². The molecule has 0 aromatic heterocycles. The molecular weight excluding hydrogens is 458 g/mol. The highest BCUT2D eigenvalue weighted by molar-refractivity contribution is 6.00. The third kappa shape index (κ3) is 6.26. The normalized spacial score (nSPS) is 20.6. The van der Waals surface area contributed by atoms with Crippen LogP contribution in [0.2, 0.25) is 0 Å². The summed E-state index contributed by atoms with van der Waals surface area (Å²) < 4.78 is 5.34. The van der Waals surface area contributed by atoms with E-state index in [0.29, 0.717) is 24.9 Å². The van der Waals surface area contributed by atoms with Crippen LogP contribution in [0.25, 0.3) is 0 Å². The fourth-order valence-corrected chi connectivity index (χ4v) is 4.89. The number of nitrogens with zero attached hydrogens (tertiary/aromatic N) is 2. The number of ketones is 1. The van der Waals surface area contributed by atoms with Gasteiger partial charge < -0.3 is 15.0 Å². The van der Waals surface area contributed by atoms with Crippen LogP contribution in [0.1, 0.15) is 77.2 Å². The van der Waals surface area contributed by atoms with Crippen LogP contribution in [0.15, 0.2) is 24.3 Å². The lowest BCUT2D eigenvalue weighted by molar-refractivity contribution is -0.138. The number of carbonyl (C=O) groups excluding carboxylic acids is 4. The van der Waals surface area contributed by atoms with Gasteiger partial charge in [-0.3, -0.25) is 19.3 Å². The summed E-state index contributed by atoms with van der Waals surface area (Å²) in [5, 5.41) is 2.91. The molecule has 0 radical (unpaired) electrons. The minimum atomic E-state index is -0.756. The predicted molar refractivity (Wildman–Crippen MR) is 138 cm³/mol. The Morgan fingerprint density at radius 1 is 1.03 bits per heavy atom. The number of ether oxygens (including phenoxy) is 1. The average Bonchev–Trinajstić information content (AvgIpc) is 3.37. The lowest BCUT2D eigenvalue weighted by Crippen LogP contribution is -2.53. The van der Waals surface area contributed by atoms with Crippen molar-refractivity contribution >= 4 is 23.7 Å². The molecule has 1 aromatic rings. The molecule has 0 aliphatic carbocycles. The first-order valence-corrected chi connectivity index (χ1v) is 13.0. The van der Waals surface area contributed by atoms with Gasteiger partial charge in [0.15, 0.2) is 5.78 Å². The molecule has 3 unspecified atom stereocenters. The zero-order valence-corrected chi connectivity index (χ0v) is 22.7. The second-order valence-corrected chi connectivity index (χ2v) is 11.9. The number of rotatable bonds is 7. The lowest BCUT2D eigenvalue weighted by atomic mass is 9.86. The summed E-state index contributed by atoms with van der Waals surface area (Å²) in [5.74, 6) is -0.416. The molecule has 2 heterocycles. The van der Waals surface area contributed by atoms with Gasteiger partial charge in [0.1, 0.15) is 12.1 Å². The Hall–Kier alpha value is -2.90. The third-order valence-electron chi connectivity index (χ3n) is 6.80. The number of Topliss-reactive ketones (excluding diaryl/α,β-unsaturated/α-hetero) is 1. The third-order valence-corrected chi connectivity index (χ3v) is 6.80. The highest BCUT2D eigenvalue weighted by Crippen LogP contribution is 2.31. The van der Waals surface area contributed by atoms with E-state index in [4.69, 9.17) is 4.74 Å². The summed E-state index contributed by atoms with van der Waals surface area (Å²) in [4.78, 5) is 55.2. The molecule has 0 saturated carbocycles. The van der Waals surface area contributed by atoms with Gasteiger partial charge in [-0.1, -0.05) is 60.6 Å². The Morgan fingerprint density at radius 3 is 2.22 bits per heavy atom. The molecule has 3 atom stereocenters. The van der Waals surface area contributed by atoms with E-state index in [2.05, 4.69) is 26.1 Å². The topological polar surface area (TPSA) is 96.0 Å². The van der Waals surface area contributed by atoms with Crippen molar-refractivity contribution in [1.29, 1.82) is 0 Å². The van der Waals surface area contributed by atoms with E-state index in [1.807, 2.05) is 39.8 Å². The number of amides is 3. The standard InChI is InChI=1S/C28H41N3O5/c1-17(2)14-21(29-25(33)19-8-10-20(11-9-19)28(5,6)7)26(34)30-13-12-22-24(30)23(32)15-31(22)27(35)36-16-18(3)4/h8-11,17-18,21-22,24H,12-16H2,1-7H3,(H,29,33). The molecule has 2 aliphatic heterocycles. The van der Waals surface area contributed by atoms with Crippen molar-refractivity contribution in [3.05, 3.63) is 35.4 Å². The Morgan fingerprint density at radius 2 is 1.67 bits per heavy atom. The van der Waals surface area contributed by atoms with E-state index >= 15 is 0 Å². The number of hydrogen-bond acceptors (Lipinski definition) is 5. The van der Waals surface area contributed by atoms with E-state index in [0.717, 1.165) is 5.56 Å². The second kappa shape index (κ2) is 11.0. The highest BCUT2D eigenvalue weighted by atomic mass is 16.6. The van der Waals surface area contributed by atoms with Gasteiger partial charge in [-0.15, -0.1) is 0 Å². The number of benzene rings is 1. The van der Waals surface area contributed by atoms with Crippen LogP contribution in [-0.2, 0) is 19.7 Å². The molecule has 2 fully saturated rings. The molecule has 2 aliphatic rings. The fraction of sp³-hybridized carbons (Fsp3) is 0.643. The Bertz CT molecular complexity index is 980. The number of hydrogen-bond donors (Lipinski definition) is 1. The molecule has 1 N–H and O–H groups in total. The molecule has 3 amide bonds.